The maximum atomic E-state index is 13.3. The molecule has 2 unspecified atom stereocenters. The number of carbonyl (C=O) groups is 3. The van der Waals surface area contributed by atoms with Crippen LogP contribution in [-0.2, 0) is 38.3 Å². The SMILES string of the molecule is CC.CC.COCC1CC(C(=O)NCc2cc(C(=N)N)cs2)N(C(=O)Cc2ccc(Oc3ccc(C(F)(F)F)cc3)cc2)C1.NC=O. The number of benzene rings is 2. The minimum absolute atomic E-state index is 0.0234. The summed E-state index contributed by atoms with van der Waals surface area (Å²) in [6, 6.07) is 12.2. The Bertz CT molecular complexity index is 1400. The van der Waals surface area contributed by atoms with E-state index in [0.717, 1.165) is 17.0 Å². The molecule has 1 aromatic heterocycles. The number of nitrogens with one attached hydrogen (secondary N) is 2. The molecule has 1 saturated heterocycles. The first kappa shape index (κ1) is 40.6. The van der Waals surface area contributed by atoms with Crippen LogP contribution in [0.3, 0.4) is 0 Å². The van der Waals surface area contributed by atoms with Crippen LogP contribution in [-0.4, -0.2) is 55.3 Å². The van der Waals surface area contributed by atoms with Crippen LogP contribution in [0.25, 0.3) is 0 Å². The van der Waals surface area contributed by atoms with Crippen LogP contribution in [0, 0.1) is 11.3 Å². The topological polar surface area (TPSA) is 161 Å². The van der Waals surface area contributed by atoms with Gasteiger partial charge in [-0.25, -0.2) is 0 Å². The molecule has 6 N–H and O–H groups in total. The number of nitrogens with two attached hydrogens (primary N) is 2. The Kier molecular flexibility index (Phi) is 17.8. The highest BCUT2D eigenvalue weighted by Crippen LogP contribution is 2.31. The van der Waals surface area contributed by atoms with Crippen LogP contribution < -0.4 is 21.5 Å². The summed E-state index contributed by atoms with van der Waals surface area (Å²) >= 11 is 1.39. The maximum absolute atomic E-state index is 13.3. The van der Waals surface area contributed by atoms with Gasteiger partial charge in [0.2, 0.25) is 18.2 Å². The van der Waals surface area contributed by atoms with Crippen molar-refractivity contribution in [2.45, 2.75) is 59.3 Å². The van der Waals surface area contributed by atoms with E-state index in [4.69, 9.17) is 25.4 Å². The predicted molar refractivity (Wildman–Crippen MR) is 177 cm³/mol. The van der Waals surface area contributed by atoms with Gasteiger partial charge in [0.15, 0.2) is 0 Å². The van der Waals surface area contributed by atoms with E-state index in [1.54, 1.807) is 47.7 Å². The van der Waals surface area contributed by atoms with Gasteiger partial charge in [0.05, 0.1) is 25.1 Å². The van der Waals surface area contributed by atoms with Gasteiger partial charge in [-0.3, -0.25) is 19.8 Å². The second-order valence-electron chi connectivity index (χ2n) is 9.63. The molecule has 1 aliphatic rings. The van der Waals surface area contributed by atoms with Crippen molar-refractivity contribution in [3.63, 3.8) is 0 Å². The first-order valence-corrected chi connectivity index (χ1v) is 15.9. The zero-order valence-corrected chi connectivity index (χ0v) is 28.0. The predicted octanol–water partition coefficient (Wildman–Crippen LogP) is 5.72. The number of hydrogen-bond donors (Lipinski definition) is 4. The van der Waals surface area contributed by atoms with Crippen molar-refractivity contribution in [2.75, 3.05) is 20.3 Å². The van der Waals surface area contributed by atoms with Gasteiger partial charge in [-0.2, -0.15) is 13.2 Å². The molecule has 1 aliphatic heterocycles. The molecule has 0 radical (unpaired) electrons. The summed E-state index contributed by atoms with van der Waals surface area (Å²) in [7, 11) is 1.58. The lowest BCUT2D eigenvalue weighted by Crippen LogP contribution is -2.46. The molecule has 2 atom stereocenters. The minimum Gasteiger partial charge on any atom is -0.457 e. The number of primary amides is 1. The highest BCUT2D eigenvalue weighted by atomic mass is 32.1. The smallest absolute Gasteiger partial charge is 0.416 e. The standard InChI is InChI=1S/C28H29F3N4O4S.2C2H6.CH3NO/c1-38-15-18-10-24(27(37)34-13-23-12-19(16-40-23)26(32)33)35(14-18)25(36)11-17-2-6-21(7-3-17)39-22-8-4-20(5-9-22)28(29,30)31;2*1-2;2-1-3/h2-9,12,16,18,24H,10-11,13-15H2,1H3,(H3,32,33)(H,34,37);2*1-2H3;1H,(H2,2,3). The van der Waals surface area contributed by atoms with Crippen molar-refractivity contribution in [3.8, 4) is 11.5 Å². The van der Waals surface area contributed by atoms with E-state index < -0.39 is 17.8 Å². The second-order valence-corrected chi connectivity index (χ2v) is 10.6. The van der Waals surface area contributed by atoms with Gasteiger partial charge in [0, 0.05) is 35.4 Å². The van der Waals surface area contributed by atoms with Crippen molar-refractivity contribution >= 4 is 35.4 Å². The number of hydrogen-bond acceptors (Lipinski definition) is 7. The van der Waals surface area contributed by atoms with Crippen LogP contribution in [0.4, 0.5) is 13.2 Å². The molecule has 4 rings (SSSR count). The van der Waals surface area contributed by atoms with Crippen LogP contribution in [0.5, 0.6) is 11.5 Å². The molecule has 3 aromatic rings. The molecule has 0 spiro atoms. The average Bonchev–Trinajstić information content (AvgIpc) is 3.71. The zero-order valence-electron chi connectivity index (χ0n) is 27.2. The third-order valence-corrected chi connectivity index (χ3v) is 7.45. The number of carbonyl (C=O) groups excluding carboxylic acids is 3. The molecule has 1 fully saturated rings. The Morgan fingerprint density at radius 3 is 2.11 bits per heavy atom. The molecule has 2 heterocycles. The third kappa shape index (κ3) is 13.1. The van der Waals surface area contributed by atoms with E-state index >= 15 is 0 Å². The van der Waals surface area contributed by atoms with Crippen molar-refractivity contribution in [1.82, 2.24) is 10.2 Å². The maximum Gasteiger partial charge on any atom is 0.416 e. The summed E-state index contributed by atoms with van der Waals surface area (Å²) in [5.74, 6) is 0.191. The van der Waals surface area contributed by atoms with E-state index in [1.165, 1.54) is 23.5 Å². The Morgan fingerprint density at radius 1 is 1.06 bits per heavy atom. The van der Waals surface area contributed by atoms with Gasteiger partial charge in [0.25, 0.3) is 0 Å². The number of thiophene rings is 1. The van der Waals surface area contributed by atoms with Crippen LogP contribution in [0.2, 0.25) is 0 Å². The summed E-state index contributed by atoms with van der Waals surface area (Å²) in [5.41, 5.74) is 10.2. The summed E-state index contributed by atoms with van der Waals surface area (Å²) in [6.07, 6.45) is -3.62. The summed E-state index contributed by atoms with van der Waals surface area (Å²) < 4.78 is 49.2. The number of amidine groups is 1. The van der Waals surface area contributed by atoms with E-state index in [9.17, 15) is 22.8 Å². The van der Waals surface area contributed by atoms with Gasteiger partial charge < -0.3 is 31.2 Å². The number of halogens is 3. The monoisotopic (exact) mass is 679 g/mol. The van der Waals surface area contributed by atoms with Crippen LogP contribution >= 0.6 is 11.3 Å². The number of alkyl halides is 3. The summed E-state index contributed by atoms with van der Waals surface area (Å²) in [5, 5.41) is 12.2. The molecule has 258 valence electrons. The number of likely N-dealkylation sites (tertiary alicyclic amines) is 1. The zero-order chi connectivity index (χ0) is 35.6. The fourth-order valence-electron chi connectivity index (χ4n) is 4.51. The number of rotatable bonds is 10. The Labute approximate surface area is 277 Å². The fraction of sp³-hybridized carbons (Fsp3) is 0.394. The van der Waals surface area contributed by atoms with Crippen LogP contribution in [0.1, 0.15) is 55.7 Å². The molecular formula is C33H44F3N5O5S. The van der Waals surface area contributed by atoms with E-state index in [2.05, 4.69) is 11.1 Å². The van der Waals surface area contributed by atoms with Gasteiger partial charge in [0.1, 0.15) is 23.4 Å². The largest absolute Gasteiger partial charge is 0.457 e. The lowest BCUT2D eigenvalue weighted by molar-refractivity contribution is -0.138. The Morgan fingerprint density at radius 2 is 1.62 bits per heavy atom. The summed E-state index contributed by atoms with van der Waals surface area (Å²) in [4.78, 5) is 37.4. The quantitative estimate of drug-likeness (QED) is 0.122. The lowest BCUT2D eigenvalue weighted by Gasteiger charge is -2.24. The minimum atomic E-state index is -4.42. The Hall–Kier alpha value is -4.43. The first-order valence-electron chi connectivity index (χ1n) is 15.0. The number of ether oxygens (including phenoxy) is 2. The molecule has 10 nitrogen and oxygen atoms in total. The molecule has 2 aromatic carbocycles. The van der Waals surface area contributed by atoms with Crippen molar-refractivity contribution < 1.29 is 37.0 Å². The van der Waals surface area contributed by atoms with Gasteiger partial charge in [-0.05, 0) is 54.4 Å². The fourth-order valence-corrected chi connectivity index (χ4v) is 5.33. The first-order chi connectivity index (χ1) is 22.4. The molecule has 0 bridgehead atoms. The normalized spacial score (nSPS) is 15.0. The number of amides is 3. The highest BCUT2D eigenvalue weighted by Gasteiger charge is 2.39. The van der Waals surface area contributed by atoms with Gasteiger partial charge in [-0.1, -0.05) is 39.8 Å². The molecule has 0 saturated carbocycles. The van der Waals surface area contributed by atoms with Gasteiger partial charge in [-0.15, -0.1) is 11.3 Å². The van der Waals surface area contributed by atoms with Crippen molar-refractivity contribution in [1.29, 1.82) is 5.41 Å². The second kappa shape index (κ2) is 20.6. The molecule has 3 amide bonds. The number of nitrogen functional groups attached to an aromatic ring is 1. The van der Waals surface area contributed by atoms with Crippen molar-refractivity contribution in [3.05, 3.63) is 81.5 Å². The van der Waals surface area contributed by atoms with E-state index in [-0.39, 0.29) is 48.7 Å². The number of methoxy groups -OCH3 is 1. The number of nitrogens with zero attached hydrogens (tertiary/aromatic N) is 1. The van der Waals surface area contributed by atoms with E-state index in [1.807, 2.05) is 27.7 Å². The summed E-state index contributed by atoms with van der Waals surface area (Å²) in [6.45, 7) is 9.09. The molecule has 14 heteroatoms. The van der Waals surface area contributed by atoms with E-state index in [0.29, 0.717) is 36.4 Å². The van der Waals surface area contributed by atoms with Crippen molar-refractivity contribution in [2.24, 2.45) is 17.4 Å². The average molecular weight is 680 g/mol. The molecular weight excluding hydrogens is 635 g/mol. The van der Waals surface area contributed by atoms with Crippen LogP contribution in [0.15, 0.2) is 60.0 Å². The molecule has 0 aliphatic carbocycles. The molecule has 47 heavy (non-hydrogen) atoms. The van der Waals surface area contributed by atoms with Gasteiger partial charge >= 0.3 is 6.18 Å². The lowest BCUT2D eigenvalue weighted by atomic mass is 10.1. The third-order valence-electron chi connectivity index (χ3n) is 6.51. The highest BCUT2D eigenvalue weighted by molar-refractivity contribution is 7.10. The Balaban J connectivity index is 0.00000146.